The van der Waals surface area contributed by atoms with Crippen LogP contribution in [0.25, 0.3) is 6.08 Å². The van der Waals surface area contributed by atoms with E-state index in [1.54, 1.807) is 13.0 Å². The van der Waals surface area contributed by atoms with Gasteiger partial charge < -0.3 is 29.7 Å². The molecular formula is C26H24F3NO6. The van der Waals surface area contributed by atoms with Crippen molar-refractivity contribution in [3.8, 4) is 11.5 Å². The van der Waals surface area contributed by atoms with Crippen molar-refractivity contribution in [1.29, 1.82) is 0 Å². The Morgan fingerprint density at radius 3 is 2.58 bits per heavy atom. The molecule has 36 heavy (non-hydrogen) atoms. The van der Waals surface area contributed by atoms with Gasteiger partial charge in [0.15, 0.2) is 11.5 Å². The van der Waals surface area contributed by atoms with Crippen LogP contribution in [0.15, 0.2) is 35.9 Å². The van der Waals surface area contributed by atoms with Crippen LogP contribution >= 0.6 is 0 Å². The number of fused-ring (bicyclic) bond motifs is 4. The predicted molar refractivity (Wildman–Crippen MR) is 121 cm³/mol. The molecule has 2 aliphatic heterocycles. The Morgan fingerprint density at radius 2 is 1.89 bits per heavy atom. The van der Waals surface area contributed by atoms with E-state index in [1.807, 2.05) is 6.08 Å². The van der Waals surface area contributed by atoms with E-state index in [0.717, 1.165) is 5.57 Å². The van der Waals surface area contributed by atoms with Gasteiger partial charge in [-0.3, -0.25) is 4.79 Å². The largest absolute Gasteiger partial charge is 0.586 e. The number of rotatable bonds is 5. The van der Waals surface area contributed by atoms with E-state index < -0.39 is 35.1 Å². The molecule has 1 saturated carbocycles. The number of carbonyl (C=O) groups is 1. The zero-order valence-electron chi connectivity index (χ0n) is 19.3. The van der Waals surface area contributed by atoms with Gasteiger partial charge in [-0.25, -0.2) is 4.39 Å². The second-order valence-corrected chi connectivity index (χ2v) is 10.0. The summed E-state index contributed by atoms with van der Waals surface area (Å²) in [6.45, 7) is 1.22. The Kier molecular flexibility index (Phi) is 4.99. The molecule has 6 rings (SSSR count). The number of anilines is 1. The topological polar surface area (TPSA) is 97.2 Å². The normalized spacial score (nSPS) is 28.2. The van der Waals surface area contributed by atoms with Gasteiger partial charge in [0, 0.05) is 5.92 Å². The number of alkyl halides is 2. The maximum Gasteiger partial charge on any atom is 0.586 e. The molecule has 1 amide bonds. The van der Waals surface area contributed by atoms with E-state index in [4.69, 9.17) is 4.74 Å². The minimum absolute atomic E-state index is 0.00173. The van der Waals surface area contributed by atoms with E-state index in [2.05, 4.69) is 14.8 Å². The summed E-state index contributed by atoms with van der Waals surface area (Å²) in [6, 6.07) is 7.17. The Hall–Kier alpha value is -3.08. The number of ether oxygens (including phenoxy) is 3. The number of aliphatic hydroxyl groups is 2. The van der Waals surface area contributed by atoms with Crippen molar-refractivity contribution in [1.82, 2.24) is 0 Å². The standard InChI is InChI=1S/C26H24F3NO6/c1-24(12-32)18-6-13-7-20(19(27)10-16(13)17(18)9-15(11-31)34-24)30-23(33)25(4-5-25)14-2-3-21-22(8-14)36-26(28,29)35-21/h2-3,6-8,10,15,17,31-32H,4-5,9,11-12H2,1H3,(H,30,33)/t15-,17?,24?/m1/s1. The monoisotopic (exact) mass is 503 g/mol. The molecule has 2 aromatic carbocycles. The van der Waals surface area contributed by atoms with E-state index in [0.29, 0.717) is 36.0 Å². The number of hydrogen-bond donors (Lipinski definition) is 3. The molecule has 2 unspecified atom stereocenters. The van der Waals surface area contributed by atoms with Gasteiger partial charge in [-0.2, -0.15) is 0 Å². The average Bonchev–Trinajstić information content (AvgIpc) is 3.49. The summed E-state index contributed by atoms with van der Waals surface area (Å²) in [6.07, 6.45) is -1.02. The molecule has 2 aliphatic carbocycles. The van der Waals surface area contributed by atoms with Gasteiger partial charge in [-0.1, -0.05) is 12.1 Å². The number of benzene rings is 2. The van der Waals surface area contributed by atoms with Crippen molar-refractivity contribution in [2.75, 3.05) is 18.5 Å². The van der Waals surface area contributed by atoms with Crippen molar-refractivity contribution in [3.05, 3.63) is 58.4 Å². The van der Waals surface area contributed by atoms with Crippen LogP contribution in [0.1, 0.15) is 48.8 Å². The third kappa shape index (κ3) is 3.50. The van der Waals surface area contributed by atoms with Gasteiger partial charge >= 0.3 is 6.29 Å². The van der Waals surface area contributed by atoms with Crippen LogP contribution in [0.5, 0.6) is 11.5 Å². The highest BCUT2D eigenvalue weighted by Gasteiger charge is 2.53. The van der Waals surface area contributed by atoms with Crippen LogP contribution in [-0.4, -0.2) is 47.3 Å². The minimum atomic E-state index is -3.76. The molecule has 10 heteroatoms. The lowest BCUT2D eigenvalue weighted by Gasteiger charge is -2.42. The Bertz CT molecular complexity index is 1310. The third-order valence-corrected chi connectivity index (χ3v) is 7.66. The van der Waals surface area contributed by atoms with E-state index in [-0.39, 0.29) is 36.3 Å². The Morgan fingerprint density at radius 1 is 1.14 bits per heavy atom. The number of aliphatic hydroxyl groups excluding tert-OH is 2. The van der Waals surface area contributed by atoms with Crippen molar-refractivity contribution in [2.45, 2.75) is 55.5 Å². The molecule has 0 aromatic heterocycles. The van der Waals surface area contributed by atoms with Crippen LogP contribution < -0.4 is 14.8 Å². The van der Waals surface area contributed by atoms with Gasteiger partial charge in [-0.05, 0) is 72.7 Å². The molecule has 2 heterocycles. The predicted octanol–water partition coefficient (Wildman–Crippen LogP) is 3.83. The summed E-state index contributed by atoms with van der Waals surface area (Å²) < 4.78 is 56.8. The van der Waals surface area contributed by atoms with Crippen LogP contribution in [0.2, 0.25) is 0 Å². The molecule has 3 N–H and O–H groups in total. The molecule has 2 fully saturated rings. The maximum atomic E-state index is 15.2. The first kappa shape index (κ1) is 23.3. The van der Waals surface area contributed by atoms with Crippen molar-refractivity contribution in [3.63, 3.8) is 0 Å². The lowest BCUT2D eigenvalue weighted by molar-refractivity contribution is -0.286. The van der Waals surface area contributed by atoms with Crippen molar-refractivity contribution in [2.24, 2.45) is 0 Å². The summed E-state index contributed by atoms with van der Waals surface area (Å²) in [7, 11) is 0. The molecule has 2 aromatic rings. The zero-order chi connectivity index (χ0) is 25.5. The highest BCUT2D eigenvalue weighted by Crippen LogP contribution is 2.53. The number of hydrogen-bond acceptors (Lipinski definition) is 6. The van der Waals surface area contributed by atoms with Gasteiger partial charge in [-0.15, -0.1) is 8.78 Å². The van der Waals surface area contributed by atoms with E-state index in [9.17, 15) is 23.8 Å². The molecule has 7 nitrogen and oxygen atoms in total. The molecule has 0 bridgehead atoms. The first-order chi connectivity index (χ1) is 17.1. The minimum Gasteiger partial charge on any atom is -0.395 e. The number of halogens is 3. The van der Waals surface area contributed by atoms with Gasteiger partial charge in [0.1, 0.15) is 11.4 Å². The SMILES string of the molecule is CC1(CO)O[C@@H](CO)CC2C1=Cc1cc(NC(=O)C3(c4ccc5c(c4)OC(F)(F)O5)CC3)c(F)cc12. The lowest BCUT2D eigenvalue weighted by atomic mass is 9.79. The quantitative estimate of drug-likeness (QED) is 0.574. The van der Waals surface area contributed by atoms with Gasteiger partial charge in [0.25, 0.3) is 0 Å². The fourth-order valence-corrected chi connectivity index (χ4v) is 5.59. The van der Waals surface area contributed by atoms with Crippen LogP contribution in [0, 0.1) is 5.82 Å². The second kappa shape index (κ2) is 7.71. The van der Waals surface area contributed by atoms with Crippen molar-refractivity contribution >= 4 is 17.7 Å². The van der Waals surface area contributed by atoms with E-state index in [1.165, 1.54) is 24.3 Å². The average molecular weight is 503 g/mol. The molecule has 0 radical (unpaired) electrons. The van der Waals surface area contributed by atoms with Crippen molar-refractivity contribution < 1.29 is 42.4 Å². The molecule has 0 spiro atoms. The number of carbonyl (C=O) groups excluding carboxylic acids is 1. The summed E-state index contributed by atoms with van der Waals surface area (Å²) in [4.78, 5) is 13.3. The summed E-state index contributed by atoms with van der Waals surface area (Å²) >= 11 is 0. The van der Waals surface area contributed by atoms with Gasteiger partial charge in [0.05, 0.1) is 30.4 Å². The molecule has 3 atom stereocenters. The molecule has 4 aliphatic rings. The maximum absolute atomic E-state index is 15.2. The number of nitrogens with one attached hydrogen (secondary N) is 1. The Labute approximate surface area is 204 Å². The first-order valence-corrected chi connectivity index (χ1v) is 11.7. The Balaban J connectivity index is 1.28. The summed E-state index contributed by atoms with van der Waals surface area (Å²) in [5.41, 5.74) is 0.695. The second-order valence-electron chi connectivity index (χ2n) is 10.0. The highest BCUT2D eigenvalue weighted by molar-refractivity contribution is 6.02. The summed E-state index contributed by atoms with van der Waals surface area (Å²) in [5, 5.41) is 22.3. The molecule has 1 saturated heterocycles. The highest BCUT2D eigenvalue weighted by atomic mass is 19.3. The van der Waals surface area contributed by atoms with Crippen LogP contribution in [-0.2, 0) is 14.9 Å². The van der Waals surface area contributed by atoms with Crippen LogP contribution in [0.3, 0.4) is 0 Å². The fourth-order valence-electron chi connectivity index (χ4n) is 5.59. The molecular weight excluding hydrogens is 479 g/mol. The first-order valence-electron chi connectivity index (χ1n) is 11.7. The summed E-state index contributed by atoms with van der Waals surface area (Å²) in [5.74, 6) is -1.54. The van der Waals surface area contributed by atoms with Crippen LogP contribution in [0.4, 0.5) is 18.9 Å². The fraction of sp³-hybridized carbons (Fsp3) is 0.423. The van der Waals surface area contributed by atoms with Gasteiger partial charge in [0.2, 0.25) is 5.91 Å². The molecule has 190 valence electrons. The zero-order valence-corrected chi connectivity index (χ0v) is 19.3. The third-order valence-electron chi connectivity index (χ3n) is 7.66. The number of amides is 1. The van der Waals surface area contributed by atoms with E-state index >= 15 is 4.39 Å². The lowest BCUT2D eigenvalue weighted by Crippen LogP contribution is -2.46. The smallest absolute Gasteiger partial charge is 0.395 e.